The van der Waals surface area contributed by atoms with Crippen LogP contribution < -0.4 is 0 Å². The van der Waals surface area contributed by atoms with Gasteiger partial charge in [-0.3, -0.25) is 0 Å². The van der Waals surface area contributed by atoms with Crippen molar-refractivity contribution in [1.29, 1.82) is 0 Å². The number of rotatable bonds is 18. The minimum atomic E-state index is -4.70. The first-order valence-electron chi connectivity index (χ1n) is 10.8. The van der Waals surface area contributed by atoms with Crippen LogP contribution in [0.15, 0.2) is 12.2 Å². The number of hydrogen-bond donors (Lipinski definition) is 0. The van der Waals surface area contributed by atoms with Gasteiger partial charge >= 0.3 is 12.1 Å². The fourth-order valence-corrected chi connectivity index (χ4v) is 3.02. The van der Waals surface area contributed by atoms with Gasteiger partial charge in [-0.15, -0.1) is 0 Å². The van der Waals surface area contributed by atoms with E-state index >= 15 is 0 Å². The number of halogens is 3. The van der Waals surface area contributed by atoms with E-state index in [9.17, 15) is 18.0 Å². The van der Waals surface area contributed by atoms with Gasteiger partial charge in [0.25, 0.3) is 0 Å². The van der Waals surface area contributed by atoms with Crippen molar-refractivity contribution in [1.82, 2.24) is 0 Å². The zero-order valence-electron chi connectivity index (χ0n) is 17.2. The van der Waals surface area contributed by atoms with Gasteiger partial charge in [0, 0.05) is 0 Å². The normalized spacial score (nSPS) is 11.6. The molecule has 0 atom stereocenters. The molecule has 160 valence electrons. The molecule has 0 amide bonds. The van der Waals surface area contributed by atoms with Gasteiger partial charge in [0.05, 0.1) is 6.61 Å². The molecule has 0 saturated heterocycles. The Morgan fingerprint density at radius 3 is 1.37 bits per heavy atom. The Labute approximate surface area is 163 Å². The number of carbonyl (C=O) groups excluding carboxylic acids is 1. The van der Waals surface area contributed by atoms with E-state index < -0.39 is 17.7 Å². The van der Waals surface area contributed by atoms with E-state index in [1.54, 1.807) is 0 Å². The Morgan fingerprint density at radius 2 is 1.04 bits per heavy atom. The maximum absolute atomic E-state index is 12.2. The Hall–Kier alpha value is -1.00. The average molecular weight is 393 g/mol. The molecule has 27 heavy (non-hydrogen) atoms. The highest BCUT2D eigenvalue weighted by molar-refractivity contribution is 5.89. The molecule has 0 unspecified atom stereocenters. The van der Waals surface area contributed by atoms with Crippen molar-refractivity contribution >= 4 is 5.97 Å². The monoisotopic (exact) mass is 392 g/mol. The standard InChI is InChI=1S/C22H39F3O2/c1-3-4-5-6-7-8-9-10-11-12-13-14-15-16-17-18-19-27-21(26)20(2)22(23,24)25/h2-19H2,1H3. The van der Waals surface area contributed by atoms with Crippen molar-refractivity contribution in [3.8, 4) is 0 Å². The fourth-order valence-electron chi connectivity index (χ4n) is 3.02. The quantitative estimate of drug-likeness (QED) is 0.135. The molecule has 0 aliphatic heterocycles. The van der Waals surface area contributed by atoms with E-state index in [0.29, 0.717) is 6.42 Å². The smallest absolute Gasteiger partial charge is 0.422 e. The largest absolute Gasteiger partial charge is 0.462 e. The van der Waals surface area contributed by atoms with Crippen LogP contribution >= 0.6 is 0 Å². The molecule has 0 bridgehead atoms. The summed E-state index contributed by atoms with van der Waals surface area (Å²) < 4.78 is 41.3. The predicted octanol–water partition coefficient (Wildman–Crippen LogP) is 7.91. The molecular weight excluding hydrogens is 353 g/mol. The van der Waals surface area contributed by atoms with E-state index in [-0.39, 0.29) is 6.61 Å². The highest BCUT2D eigenvalue weighted by Crippen LogP contribution is 2.24. The number of esters is 1. The number of hydrogen-bond acceptors (Lipinski definition) is 2. The second-order valence-corrected chi connectivity index (χ2v) is 7.42. The third-order valence-corrected chi connectivity index (χ3v) is 4.82. The summed E-state index contributed by atoms with van der Waals surface area (Å²) in [5.74, 6) is -1.36. The molecule has 0 aromatic carbocycles. The third-order valence-electron chi connectivity index (χ3n) is 4.82. The molecule has 5 heteroatoms. The Bertz CT molecular complexity index is 378. The van der Waals surface area contributed by atoms with Crippen LogP contribution in [0.2, 0.25) is 0 Å². The van der Waals surface area contributed by atoms with Gasteiger partial charge in [0.2, 0.25) is 0 Å². The first kappa shape index (κ1) is 26.0. The third kappa shape index (κ3) is 16.9. The van der Waals surface area contributed by atoms with Crippen LogP contribution in [0.4, 0.5) is 13.2 Å². The molecular formula is C22H39F3O2. The first-order chi connectivity index (χ1) is 12.9. The lowest BCUT2D eigenvalue weighted by Crippen LogP contribution is -2.21. The summed E-state index contributed by atoms with van der Waals surface area (Å²) >= 11 is 0. The lowest BCUT2D eigenvalue weighted by Gasteiger charge is -2.09. The van der Waals surface area contributed by atoms with Crippen LogP contribution in [-0.4, -0.2) is 18.8 Å². The summed E-state index contributed by atoms with van der Waals surface area (Å²) in [6, 6.07) is 0. The van der Waals surface area contributed by atoms with Crippen molar-refractivity contribution in [3.05, 3.63) is 12.2 Å². The van der Waals surface area contributed by atoms with Gasteiger partial charge in [0.1, 0.15) is 5.57 Å². The Balaban J connectivity index is 3.23. The van der Waals surface area contributed by atoms with E-state index in [4.69, 9.17) is 0 Å². The van der Waals surface area contributed by atoms with E-state index in [0.717, 1.165) is 19.3 Å². The Morgan fingerprint density at radius 1 is 0.704 bits per heavy atom. The summed E-state index contributed by atoms with van der Waals surface area (Å²) in [4.78, 5) is 11.1. The van der Waals surface area contributed by atoms with Gasteiger partial charge < -0.3 is 4.74 Å². The van der Waals surface area contributed by atoms with Crippen LogP contribution in [-0.2, 0) is 9.53 Å². The molecule has 2 nitrogen and oxygen atoms in total. The number of unbranched alkanes of at least 4 members (excludes halogenated alkanes) is 15. The molecule has 0 N–H and O–H groups in total. The number of alkyl halides is 3. The van der Waals surface area contributed by atoms with Crippen molar-refractivity contribution in [3.63, 3.8) is 0 Å². The molecule has 0 aliphatic rings. The summed E-state index contributed by atoms with van der Waals surface area (Å²) in [5, 5.41) is 0. The van der Waals surface area contributed by atoms with E-state index in [1.807, 2.05) is 0 Å². The van der Waals surface area contributed by atoms with Crippen molar-refractivity contribution in [2.75, 3.05) is 6.61 Å². The second kappa shape index (κ2) is 17.1. The maximum Gasteiger partial charge on any atom is 0.422 e. The molecule has 0 radical (unpaired) electrons. The predicted molar refractivity (Wildman–Crippen MR) is 106 cm³/mol. The number of ether oxygens (including phenoxy) is 1. The van der Waals surface area contributed by atoms with Gasteiger partial charge in [-0.05, 0) is 6.42 Å². The second-order valence-electron chi connectivity index (χ2n) is 7.42. The summed E-state index contributed by atoms with van der Waals surface area (Å²) in [6.45, 7) is 5.00. The van der Waals surface area contributed by atoms with Crippen LogP contribution in [0.1, 0.15) is 110 Å². The fraction of sp³-hybridized carbons (Fsp3) is 0.864. The lowest BCUT2D eigenvalue weighted by atomic mass is 10.0. The molecule has 0 aromatic rings. The minimum Gasteiger partial charge on any atom is -0.462 e. The molecule has 0 fully saturated rings. The summed E-state index contributed by atoms with van der Waals surface area (Å²) in [5.41, 5.74) is -1.43. The van der Waals surface area contributed by atoms with Gasteiger partial charge in [0.15, 0.2) is 0 Å². The molecule has 0 aliphatic carbocycles. The lowest BCUT2D eigenvalue weighted by molar-refractivity contribution is -0.150. The van der Waals surface area contributed by atoms with Gasteiger partial charge in [-0.1, -0.05) is 110 Å². The van der Waals surface area contributed by atoms with Crippen molar-refractivity contribution in [2.24, 2.45) is 0 Å². The highest BCUT2D eigenvalue weighted by atomic mass is 19.4. The molecule has 0 rings (SSSR count). The summed E-state index contributed by atoms with van der Waals surface area (Å²) in [7, 11) is 0. The van der Waals surface area contributed by atoms with Crippen LogP contribution in [0.25, 0.3) is 0 Å². The topological polar surface area (TPSA) is 26.3 Å². The van der Waals surface area contributed by atoms with Crippen molar-refractivity contribution in [2.45, 2.75) is 116 Å². The van der Waals surface area contributed by atoms with Crippen LogP contribution in [0.3, 0.4) is 0 Å². The average Bonchev–Trinajstić information content (AvgIpc) is 2.62. The number of carbonyl (C=O) groups is 1. The Kier molecular flexibility index (Phi) is 16.5. The van der Waals surface area contributed by atoms with E-state index in [2.05, 4.69) is 18.2 Å². The first-order valence-corrected chi connectivity index (χ1v) is 10.8. The zero-order chi connectivity index (χ0) is 20.4. The summed E-state index contributed by atoms with van der Waals surface area (Å²) in [6.07, 6.45) is 15.0. The minimum absolute atomic E-state index is 0.0341. The molecule has 0 heterocycles. The van der Waals surface area contributed by atoms with Crippen LogP contribution in [0.5, 0.6) is 0 Å². The molecule has 0 saturated carbocycles. The molecule has 0 spiro atoms. The molecule has 0 aromatic heterocycles. The van der Waals surface area contributed by atoms with E-state index in [1.165, 1.54) is 77.0 Å². The van der Waals surface area contributed by atoms with Crippen molar-refractivity contribution < 1.29 is 22.7 Å². The van der Waals surface area contributed by atoms with Gasteiger partial charge in [-0.2, -0.15) is 13.2 Å². The zero-order valence-corrected chi connectivity index (χ0v) is 17.2. The van der Waals surface area contributed by atoms with Gasteiger partial charge in [-0.25, -0.2) is 4.79 Å². The SMILES string of the molecule is C=C(C(=O)OCCCCCCCCCCCCCCCCCC)C(F)(F)F. The highest BCUT2D eigenvalue weighted by Gasteiger charge is 2.37. The maximum atomic E-state index is 12.2. The van der Waals surface area contributed by atoms with Crippen LogP contribution in [0, 0.1) is 0 Å².